The maximum atomic E-state index is 13.1. The van der Waals surface area contributed by atoms with Crippen LogP contribution in [0.4, 0.5) is 4.39 Å². The van der Waals surface area contributed by atoms with Crippen LogP contribution in [0, 0.1) is 5.82 Å². The van der Waals surface area contributed by atoms with Crippen LogP contribution in [0.2, 0.25) is 0 Å². The molecule has 0 spiro atoms. The minimum Gasteiger partial charge on any atom is -0.497 e. The average molecular weight is 354 g/mol. The van der Waals surface area contributed by atoms with Gasteiger partial charge in [0.05, 0.1) is 14.2 Å². The molecule has 0 aliphatic heterocycles. The van der Waals surface area contributed by atoms with Crippen molar-refractivity contribution in [3.63, 3.8) is 0 Å². The molecule has 0 aliphatic rings. The molecule has 0 saturated carbocycles. The van der Waals surface area contributed by atoms with Crippen molar-refractivity contribution in [2.75, 3.05) is 14.2 Å². The monoisotopic (exact) mass is 353 g/mol. The molecule has 0 fully saturated rings. The van der Waals surface area contributed by atoms with Crippen molar-refractivity contribution in [3.8, 4) is 11.5 Å². The van der Waals surface area contributed by atoms with E-state index in [2.05, 4.69) is 15.9 Å². The van der Waals surface area contributed by atoms with Gasteiger partial charge in [0.1, 0.15) is 17.3 Å². The zero-order valence-corrected chi connectivity index (χ0v) is 13.5. The first-order valence-electron chi connectivity index (χ1n) is 6.46. The van der Waals surface area contributed by atoms with Gasteiger partial charge in [-0.3, -0.25) is 0 Å². The maximum absolute atomic E-state index is 13.1. The predicted molar refractivity (Wildman–Crippen MR) is 84.3 cm³/mol. The van der Waals surface area contributed by atoms with E-state index in [4.69, 9.17) is 15.2 Å². The number of hydrogen-bond donors (Lipinski definition) is 1. The lowest BCUT2D eigenvalue weighted by Gasteiger charge is -2.17. The summed E-state index contributed by atoms with van der Waals surface area (Å²) in [5.74, 6) is 1.15. The Morgan fingerprint density at radius 3 is 2.52 bits per heavy atom. The number of halogens is 2. The van der Waals surface area contributed by atoms with Gasteiger partial charge < -0.3 is 15.2 Å². The molecule has 0 bridgehead atoms. The van der Waals surface area contributed by atoms with Crippen LogP contribution in [-0.4, -0.2) is 14.2 Å². The van der Waals surface area contributed by atoms with E-state index in [-0.39, 0.29) is 11.9 Å². The first kappa shape index (κ1) is 15.8. The predicted octanol–water partition coefficient (Wildman–Crippen LogP) is 3.85. The Morgan fingerprint density at radius 1 is 1.14 bits per heavy atom. The Hall–Kier alpha value is -1.59. The maximum Gasteiger partial charge on any atom is 0.124 e. The third-order valence-electron chi connectivity index (χ3n) is 3.29. The number of ether oxygens (including phenoxy) is 2. The van der Waals surface area contributed by atoms with E-state index in [9.17, 15) is 4.39 Å². The van der Waals surface area contributed by atoms with E-state index in [0.717, 1.165) is 16.9 Å². The SMILES string of the molecule is COc1ccc(OC)c(C(N)Cc2ccc(F)cc2Br)c1. The Morgan fingerprint density at radius 2 is 1.90 bits per heavy atom. The number of methoxy groups -OCH3 is 2. The molecule has 2 N–H and O–H groups in total. The summed E-state index contributed by atoms with van der Waals surface area (Å²) in [6.07, 6.45) is 0.560. The first-order valence-corrected chi connectivity index (χ1v) is 7.26. The highest BCUT2D eigenvalue weighted by molar-refractivity contribution is 9.10. The van der Waals surface area contributed by atoms with Gasteiger partial charge >= 0.3 is 0 Å². The summed E-state index contributed by atoms with van der Waals surface area (Å²) in [5.41, 5.74) is 8.08. The van der Waals surface area contributed by atoms with Crippen LogP contribution in [0.3, 0.4) is 0 Å². The van der Waals surface area contributed by atoms with Gasteiger partial charge in [0.25, 0.3) is 0 Å². The molecule has 0 aliphatic carbocycles. The van der Waals surface area contributed by atoms with Crippen LogP contribution in [0.25, 0.3) is 0 Å². The van der Waals surface area contributed by atoms with E-state index in [1.165, 1.54) is 12.1 Å². The van der Waals surface area contributed by atoms with Crippen molar-refractivity contribution in [2.24, 2.45) is 5.73 Å². The van der Waals surface area contributed by atoms with Gasteiger partial charge in [-0.2, -0.15) is 0 Å². The van der Waals surface area contributed by atoms with Gasteiger partial charge in [0.15, 0.2) is 0 Å². The molecule has 5 heteroatoms. The quantitative estimate of drug-likeness (QED) is 0.887. The fraction of sp³-hybridized carbons (Fsp3) is 0.250. The van der Waals surface area contributed by atoms with Crippen molar-refractivity contribution in [1.82, 2.24) is 0 Å². The number of rotatable bonds is 5. The second-order valence-corrected chi connectivity index (χ2v) is 5.51. The van der Waals surface area contributed by atoms with Crippen molar-refractivity contribution < 1.29 is 13.9 Å². The van der Waals surface area contributed by atoms with Crippen LogP contribution < -0.4 is 15.2 Å². The molecular weight excluding hydrogens is 337 g/mol. The second-order valence-electron chi connectivity index (χ2n) is 4.65. The van der Waals surface area contributed by atoms with Crippen LogP contribution in [-0.2, 0) is 6.42 Å². The van der Waals surface area contributed by atoms with Crippen molar-refractivity contribution in [3.05, 3.63) is 57.8 Å². The Bertz CT molecular complexity index is 634. The highest BCUT2D eigenvalue weighted by Crippen LogP contribution is 2.31. The fourth-order valence-corrected chi connectivity index (χ4v) is 2.68. The third-order valence-corrected chi connectivity index (χ3v) is 4.03. The zero-order chi connectivity index (χ0) is 15.4. The molecule has 112 valence electrons. The minimum atomic E-state index is -0.281. The molecule has 0 aromatic heterocycles. The van der Waals surface area contributed by atoms with Crippen LogP contribution in [0.5, 0.6) is 11.5 Å². The normalized spacial score (nSPS) is 12.0. The van der Waals surface area contributed by atoms with Gasteiger partial charge in [0, 0.05) is 16.1 Å². The van der Waals surface area contributed by atoms with E-state index < -0.39 is 0 Å². The van der Waals surface area contributed by atoms with Crippen molar-refractivity contribution >= 4 is 15.9 Å². The van der Waals surface area contributed by atoms with Crippen molar-refractivity contribution in [1.29, 1.82) is 0 Å². The Balaban J connectivity index is 2.28. The van der Waals surface area contributed by atoms with Gasteiger partial charge in [-0.1, -0.05) is 22.0 Å². The molecule has 0 saturated heterocycles. The lowest BCUT2D eigenvalue weighted by atomic mass is 9.98. The van der Waals surface area contributed by atoms with Crippen LogP contribution in [0.1, 0.15) is 17.2 Å². The van der Waals surface area contributed by atoms with Crippen LogP contribution >= 0.6 is 15.9 Å². The smallest absolute Gasteiger partial charge is 0.124 e. The molecule has 2 aromatic carbocycles. The summed E-state index contributed by atoms with van der Waals surface area (Å²) < 4.78 is 24.4. The summed E-state index contributed by atoms with van der Waals surface area (Å²) in [5, 5.41) is 0. The summed E-state index contributed by atoms with van der Waals surface area (Å²) >= 11 is 3.36. The molecule has 0 amide bonds. The van der Waals surface area contributed by atoms with Gasteiger partial charge in [-0.25, -0.2) is 4.39 Å². The first-order chi connectivity index (χ1) is 10.0. The third kappa shape index (κ3) is 3.74. The van der Waals surface area contributed by atoms with Crippen LogP contribution in [0.15, 0.2) is 40.9 Å². The molecule has 21 heavy (non-hydrogen) atoms. The van der Waals surface area contributed by atoms with Gasteiger partial charge in [-0.05, 0) is 42.3 Å². The Labute approximate surface area is 132 Å². The molecule has 1 atom stereocenters. The lowest BCUT2D eigenvalue weighted by molar-refractivity contribution is 0.395. The van der Waals surface area contributed by atoms with Gasteiger partial charge in [0.2, 0.25) is 0 Å². The van der Waals surface area contributed by atoms with E-state index >= 15 is 0 Å². The highest BCUT2D eigenvalue weighted by Gasteiger charge is 2.15. The summed E-state index contributed by atoms with van der Waals surface area (Å²) in [6.45, 7) is 0. The van der Waals surface area contributed by atoms with E-state index in [0.29, 0.717) is 16.6 Å². The van der Waals surface area contributed by atoms with Gasteiger partial charge in [-0.15, -0.1) is 0 Å². The lowest BCUT2D eigenvalue weighted by Crippen LogP contribution is -2.15. The number of nitrogens with two attached hydrogens (primary N) is 1. The van der Waals surface area contributed by atoms with E-state index in [1.807, 2.05) is 18.2 Å². The van der Waals surface area contributed by atoms with Crippen molar-refractivity contribution in [2.45, 2.75) is 12.5 Å². The second kappa shape index (κ2) is 6.91. The molecule has 3 nitrogen and oxygen atoms in total. The molecule has 0 radical (unpaired) electrons. The summed E-state index contributed by atoms with van der Waals surface area (Å²) in [4.78, 5) is 0. The average Bonchev–Trinajstić information content (AvgIpc) is 2.49. The molecule has 2 rings (SSSR count). The summed E-state index contributed by atoms with van der Waals surface area (Å²) in [6, 6.07) is 9.82. The molecule has 0 heterocycles. The number of hydrogen-bond acceptors (Lipinski definition) is 3. The topological polar surface area (TPSA) is 44.5 Å². The highest BCUT2D eigenvalue weighted by atomic mass is 79.9. The molecule has 1 unspecified atom stereocenters. The minimum absolute atomic E-state index is 0.279. The fourth-order valence-electron chi connectivity index (χ4n) is 2.16. The zero-order valence-electron chi connectivity index (χ0n) is 11.9. The van der Waals surface area contributed by atoms with E-state index in [1.54, 1.807) is 20.3 Å². The molecule has 2 aromatic rings. The largest absolute Gasteiger partial charge is 0.497 e. The standard InChI is InChI=1S/C16H17BrFNO2/c1-20-12-5-6-16(21-2)13(9-12)15(19)7-10-3-4-11(18)8-14(10)17/h3-6,8-9,15H,7,19H2,1-2H3. The Kier molecular flexibility index (Phi) is 5.20. The molecular formula is C16H17BrFNO2. The number of benzene rings is 2. The summed E-state index contributed by atoms with van der Waals surface area (Å²) in [7, 11) is 3.21.